The highest BCUT2D eigenvalue weighted by molar-refractivity contribution is 6.16. The van der Waals surface area contributed by atoms with Crippen LogP contribution in [0, 0.1) is 0 Å². The van der Waals surface area contributed by atoms with Crippen LogP contribution in [0.2, 0.25) is 0 Å². The topological polar surface area (TPSA) is 63.0 Å². The molecule has 33 heavy (non-hydrogen) atoms. The van der Waals surface area contributed by atoms with Crippen LogP contribution in [-0.4, -0.2) is 33.6 Å². The first-order valence-corrected chi connectivity index (χ1v) is 10.4. The van der Waals surface area contributed by atoms with E-state index < -0.39 is 0 Å². The van der Waals surface area contributed by atoms with Crippen molar-refractivity contribution in [3.05, 3.63) is 66.7 Å². The van der Waals surface area contributed by atoms with Gasteiger partial charge in [-0.2, -0.15) is 0 Å². The molecule has 0 fully saturated rings. The molecular formula is C27H23NO5. The Balaban J connectivity index is 1.84. The first-order valence-electron chi connectivity index (χ1n) is 10.4. The minimum atomic E-state index is 0.630. The normalized spacial score (nSPS) is 11.0. The van der Waals surface area contributed by atoms with Gasteiger partial charge >= 0.3 is 0 Å². The Morgan fingerprint density at radius 2 is 1.21 bits per heavy atom. The Bertz CT molecular complexity index is 1440. The average Bonchev–Trinajstić information content (AvgIpc) is 3.33. The highest BCUT2D eigenvalue weighted by Gasteiger charge is 2.21. The van der Waals surface area contributed by atoms with Gasteiger partial charge in [0.2, 0.25) is 0 Å². The van der Waals surface area contributed by atoms with Crippen LogP contribution in [0.4, 0.5) is 0 Å². The number of rotatable bonds is 6. The lowest BCUT2D eigenvalue weighted by Gasteiger charge is -2.12. The lowest BCUT2D eigenvalue weighted by Crippen LogP contribution is -1.92. The molecule has 0 unspecified atom stereocenters. The first-order chi connectivity index (χ1) is 16.2. The highest BCUT2D eigenvalue weighted by atomic mass is 16.5. The molecule has 1 aromatic heterocycles. The summed E-state index contributed by atoms with van der Waals surface area (Å²) in [5.41, 5.74) is 4.40. The summed E-state index contributed by atoms with van der Waals surface area (Å²) in [6, 6.07) is 21.8. The van der Waals surface area contributed by atoms with Crippen LogP contribution in [0.25, 0.3) is 44.1 Å². The summed E-state index contributed by atoms with van der Waals surface area (Å²) in [6.07, 6.45) is 0. The van der Waals surface area contributed by atoms with Gasteiger partial charge in [0.15, 0.2) is 17.1 Å². The van der Waals surface area contributed by atoms with Crippen molar-refractivity contribution in [2.45, 2.75) is 0 Å². The smallest absolute Gasteiger partial charge is 0.176 e. The molecule has 0 atom stereocenters. The summed E-state index contributed by atoms with van der Waals surface area (Å²) in [4.78, 5) is 0. The zero-order valence-electron chi connectivity index (χ0n) is 18.8. The molecule has 0 aliphatic rings. The standard InChI is InChI=1S/C27H23NO5/c1-29-19-9-5-16(6-10-19)21-13-18-14-23(31-3)24(32-4)15-22(18)27-25(21)26(28-33-27)17-7-11-20(30-2)12-8-17/h5-15H,1-4H3. The third-order valence-corrected chi connectivity index (χ3v) is 5.83. The number of fused-ring (bicyclic) bond motifs is 3. The average molecular weight is 441 g/mol. The molecule has 6 nitrogen and oxygen atoms in total. The number of ether oxygens (including phenoxy) is 4. The predicted molar refractivity (Wildman–Crippen MR) is 129 cm³/mol. The maximum Gasteiger partial charge on any atom is 0.176 e. The summed E-state index contributed by atoms with van der Waals surface area (Å²) in [5, 5.41) is 7.25. The van der Waals surface area contributed by atoms with E-state index in [9.17, 15) is 0 Å². The van der Waals surface area contributed by atoms with Crippen LogP contribution in [0.5, 0.6) is 23.0 Å². The molecule has 5 aromatic rings. The molecule has 0 spiro atoms. The molecule has 4 aromatic carbocycles. The predicted octanol–water partition coefficient (Wildman–Crippen LogP) is 6.35. The largest absolute Gasteiger partial charge is 0.497 e. The minimum absolute atomic E-state index is 0.630. The van der Waals surface area contributed by atoms with Gasteiger partial charge in [0.1, 0.15) is 17.2 Å². The summed E-state index contributed by atoms with van der Waals surface area (Å²) in [6.45, 7) is 0. The third-order valence-electron chi connectivity index (χ3n) is 5.83. The van der Waals surface area contributed by atoms with E-state index >= 15 is 0 Å². The molecule has 0 aliphatic carbocycles. The second-order valence-corrected chi connectivity index (χ2v) is 7.54. The van der Waals surface area contributed by atoms with E-state index in [0.717, 1.165) is 50.0 Å². The zero-order valence-corrected chi connectivity index (χ0v) is 18.8. The van der Waals surface area contributed by atoms with E-state index in [-0.39, 0.29) is 0 Å². The maximum absolute atomic E-state index is 5.95. The minimum Gasteiger partial charge on any atom is -0.497 e. The number of benzene rings is 4. The molecule has 0 radical (unpaired) electrons. The SMILES string of the molecule is COc1ccc(-c2cc3cc(OC)c(OC)cc3c3onc(-c4ccc(OC)cc4)c23)cc1. The van der Waals surface area contributed by atoms with Gasteiger partial charge in [0.25, 0.3) is 0 Å². The van der Waals surface area contributed by atoms with Crippen LogP contribution >= 0.6 is 0 Å². The molecule has 0 N–H and O–H groups in total. The van der Waals surface area contributed by atoms with E-state index in [1.807, 2.05) is 60.7 Å². The molecule has 5 rings (SSSR count). The summed E-state index contributed by atoms with van der Waals surface area (Å²) in [7, 11) is 6.55. The molecule has 0 aliphatic heterocycles. The van der Waals surface area contributed by atoms with E-state index in [1.165, 1.54) is 0 Å². The Morgan fingerprint density at radius 3 is 1.79 bits per heavy atom. The number of nitrogens with zero attached hydrogens (tertiary/aromatic N) is 1. The number of methoxy groups -OCH3 is 4. The van der Waals surface area contributed by atoms with E-state index in [2.05, 4.69) is 11.2 Å². The van der Waals surface area contributed by atoms with Crippen molar-refractivity contribution < 1.29 is 23.5 Å². The van der Waals surface area contributed by atoms with Gasteiger partial charge in [-0.1, -0.05) is 17.3 Å². The lowest BCUT2D eigenvalue weighted by atomic mass is 9.94. The van der Waals surface area contributed by atoms with Crippen molar-refractivity contribution in [3.63, 3.8) is 0 Å². The fraction of sp³-hybridized carbons (Fsp3) is 0.148. The Kier molecular flexibility index (Phi) is 5.26. The van der Waals surface area contributed by atoms with E-state index in [4.69, 9.17) is 23.5 Å². The van der Waals surface area contributed by atoms with Crippen LogP contribution in [-0.2, 0) is 0 Å². The summed E-state index contributed by atoms with van der Waals surface area (Å²) < 4.78 is 27.7. The van der Waals surface area contributed by atoms with E-state index in [1.54, 1.807) is 28.4 Å². The van der Waals surface area contributed by atoms with Gasteiger partial charge in [0.05, 0.1) is 33.8 Å². The fourth-order valence-corrected chi connectivity index (χ4v) is 4.11. The quantitative estimate of drug-likeness (QED) is 0.306. The number of hydrogen-bond donors (Lipinski definition) is 0. The molecule has 166 valence electrons. The third kappa shape index (κ3) is 3.49. The molecule has 0 saturated carbocycles. The van der Waals surface area contributed by atoms with Crippen LogP contribution < -0.4 is 18.9 Å². The van der Waals surface area contributed by atoms with Crippen LogP contribution in [0.1, 0.15) is 0 Å². The van der Waals surface area contributed by atoms with Crippen LogP contribution in [0.3, 0.4) is 0 Å². The van der Waals surface area contributed by atoms with Gasteiger partial charge in [-0.3, -0.25) is 0 Å². The Hall–Kier alpha value is -4.19. The number of aromatic nitrogens is 1. The van der Waals surface area contributed by atoms with Crippen molar-refractivity contribution in [2.24, 2.45) is 0 Å². The summed E-state index contributed by atoms with van der Waals surface area (Å²) in [5.74, 6) is 2.86. The zero-order chi connectivity index (χ0) is 22.9. The van der Waals surface area contributed by atoms with Crippen molar-refractivity contribution in [1.82, 2.24) is 5.16 Å². The monoisotopic (exact) mass is 441 g/mol. The van der Waals surface area contributed by atoms with Crippen LogP contribution in [0.15, 0.2) is 71.3 Å². The van der Waals surface area contributed by atoms with Crippen molar-refractivity contribution >= 4 is 21.7 Å². The van der Waals surface area contributed by atoms with Gasteiger partial charge in [-0.05, 0) is 71.1 Å². The van der Waals surface area contributed by atoms with Gasteiger partial charge in [0, 0.05) is 10.9 Å². The van der Waals surface area contributed by atoms with E-state index in [0.29, 0.717) is 17.1 Å². The molecule has 0 amide bonds. The van der Waals surface area contributed by atoms with Gasteiger partial charge in [-0.25, -0.2) is 0 Å². The van der Waals surface area contributed by atoms with Gasteiger partial charge in [-0.15, -0.1) is 0 Å². The highest BCUT2D eigenvalue weighted by Crippen LogP contribution is 2.43. The van der Waals surface area contributed by atoms with Crippen molar-refractivity contribution in [3.8, 4) is 45.4 Å². The van der Waals surface area contributed by atoms with Gasteiger partial charge < -0.3 is 23.5 Å². The van der Waals surface area contributed by atoms with Crippen molar-refractivity contribution in [1.29, 1.82) is 0 Å². The Morgan fingerprint density at radius 1 is 0.636 bits per heavy atom. The van der Waals surface area contributed by atoms with Crippen molar-refractivity contribution in [2.75, 3.05) is 28.4 Å². The lowest BCUT2D eigenvalue weighted by molar-refractivity contribution is 0.356. The molecule has 6 heteroatoms. The first kappa shape index (κ1) is 20.7. The fourth-order valence-electron chi connectivity index (χ4n) is 4.11. The summed E-state index contributed by atoms with van der Waals surface area (Å²) >= 11 is 0. The Labute approximate surface area is 191 Å². The molecule has 0 saturated heterocycles. The molecular weight excluding hydrogens is 418 g/mol. The second-order valence-electron chi connectivity index (χ2n) is 7.54. The molecule has 1 heterocycles. The molecule has 0 bridgehead atoms. The second kappa shape index (κ2) is 8.39. The maximum atomic E-state index is 5.95. The number of hydrogen-bond acceptors (Lipinski definition) is 6.